The smallest absolute Gasteiger partial charge is 0.257 e. The summed E-state index contributed by atoms with van der Waals surface area (Å²) in [6.07, 6.45) is 4.39. The lowest BCUT2D eigenvalue weighted by Crippen LogP contribution is -2.28. The summed E-state index contributed by atoms with van der Waals surface area (Å²) in [6.45, 7) is 0.200. The van der Waals surface area contributed by atoms with Crippen LogP contribution in [-0.2, 0) is 13.6 Å². The first-order valence-electron chi connectivity index (χ1n) is 5.52. The first-order valence-corrected chi connectivity index (χ1v) is 5.52. The molecule has 0 atom stereocenters. The van der Waals surface area contributed by atoms with Crippen molar-refractivity contribution < 1.29 is 13.6 Å². The predicted octanol–water partition coefficient (Wildman–Crippen LogP) is 1.37. The number of hydrogen-bond donors (Lipinski definition) is 0. The summed E-state index contributed by atoms with van der Waals surface area (Å²) in [5.74, 6) is -2.50. The third-order valence-electron chi connectivity index (χ3n) is 2.72. The molecule has 1 amide bonds. The largest absolute Gasteiger partial charge is 0.337 e. The number of aromatic nitrogens is 3. The van der Waals surface area contributed by atoms with Gasteiger partial charge < -0.3 is 9.47 Å². The van der Waals surface area contributed by atoms with Crippen molar-refractivity contribution in [2.75, 3.05) is 7.05 Å². The van der Waals surface area contributed by atoms with Gasteiger partial charge in [0.05, 0.1) is 12.1 Å². The standard InChI is InChI=1S/C12H12F2N4O/c1-17-6-5-15-9(17)7-18(2)12(19)8-3-4-16-11(14)10(8)13/h3-6H,7H2,1-2H3. The number of pyridine rings is 1. The summed E-state index contributed by atoms with van der Waals surface area (Å²) in [5.41, 5.74) is -0.343. The molecule has 0 aromatic carbocycles. The van der Waals surface area contributed by atoms with Gasteiger partial charge in [0.1, 0.15) is 5.82 Å². The number of rotatable bonds is 3. The summed E-state index contributed by atoms with van der Waals surface area (Å²) < 4.78 is 28.2. The second-order valence-electron chi connectivity index (χ2n) is 4.08. The van der Waals surface area contributed by atoms with Gasteiger partial charge in [0.15, 0.2) is 5.82 Å². The Morgan fingerprint density at radius 1 is 1.37 bits per heavy atom. The van der Waals surface area contributed by atoms with Gasteiger partial charge >= 0.3 is 0 Å². The number of halogens is 2. The zero-order chi connectivity index (χ0) is 14.0. The van der Waals surface area contributed by atoms with E-state index in [0.717, 1.165) is 12.3 Å². The van der Waals surface area contributed by atoms with Crippen LogP contribution in [0.3, 0.4) is 0 Å². The maximum atomic E-state index is 13.5. The van der Waals surface area contributed by atoms with Gasteiger partial charge in [0.25, 0.3) is 5.91 Å². The molecule has 0 N–H and O–H groups in total. The number of hydrogen-bond acceptors (Lipinski definition) is 3. The molecule has 0 fully saturated rings. The van der Waals surface area contributed by atoms with Crippen LogP contribution in [0.2, 0.25) is 0 Å². The fourth-order valence-electron chi connectivity index (χ4n) is 1.62. The van der Waals surface area contributed by atoms with Crippen molar-refractivity contribution in [2.45, 2.75) is 6.54 Å². The van der Waals surface area contributed by atoms with Crippen LogP contribution in [0.15, 0.2) is 24.7 Å². The Morgan fingerprint density at radius 3 is 2.74 bits per heavy atom. The summed E-state index contributed by atoms with van der Waals surface area (Å²) in [6, 6.07) is 1.15. The average molecular weight is 266 g/mol. The molecule has 0 unspecified atom stereocenters. The van der Waals surface area contributed by atoms with Crippen LogP contribution in [-0.4, -0.2) is 32.4 Å². The Morgan fingerprint density at radius 2 is 2.11 bits per heavy atom. The monoisotopic (exact) mass is 266 g/mol. The zero-order valence-electron chi connectivity index (χ0n) is 10.5. The number of aryl methyl sites for hydroxylation is 1. The minimum atomic E-state index is -1.28. The van der Waals surface area contributed by atoms with Crippen LogP contribution in [0, 0.1) is 11.8 Å². The number of amides is 1. The van der Waals surface area contributed by atoms with E-state index in [4.69, 9.17) is 0 Å². The van der Waals surface area contributed by atoms with Crippen LogP contribution < -0.4 is 0 Å². The molecule has 0 saturated carbocycles. The van der Waals surface area contributed by atoms with E-state index in [2.05, 4.69) is 9.97 Å². The van der Waals surface area contributed by atoms with Crippen LogP contribution >= 0.6 is 0 Å². The molecule has 0 saturated heterocycles. The van der Waals surface area contributed by atoms with E-state index < -0.39 is 17.7 Å². The molecule has 7 heteroatoms. The number of carbonyl (C=O) groups is 1. The van der Waals surface area contributed by atoms with Gasteiger partial charge in [-0.2, -0.15) is 4.39 Å². The Kier molecular flexibility index (Phi) is 3.55. The highest BCUT2D eigenvalue weighted by Gasteiger charge is 2.20. The van der Waals surface area contributed by atoms with E-state index in [0.29, 0.717) is 5.82 Å². The maximum absolute atomic E-state index is 13.5. The normalized spacial score (nSPS) is 10.5. The van der Waals surface area contributed by atoms with Crippen molar-refractivity contribution in [3.05, 3.63) is 47.8 Å². The number of nitrogens with zero attached hydrogens (tertiary/aromatic N) is 4. The first-order chi connectivity index (χ1) is 9.00. The molecule has 0 spiro atoms. The minimum absolute atomic E-state index is 0.200. The van der Waals surface area contributed by atoms with Crippen molar-refractivity contribution in [1.29, 1.82) is 0 Å². The third-order valence-corrected chi connectivity index (χ3v) is 2.72. The van der Waals surface area contributed by atoms with E-state index in [9.17, 15) is 13.6 Å². The lowest BCUT2D eigenvalue weighted by atomic mass is 10.2. The summed E-state index contributed by atoms with van der Waals surface area (Å²) in [4.78, 5) is 20.5. The Labute approximate surface area is 108 Å². The van der Waals surface area contributed by atoms with E-state index in [-0.39, 0.29) is 12.1 Å². The molecule has 0 aliphatic heterocycles. The molecule has 0 radical (unpaired) electrons. The first kappa shape index (κ1) is 13.1. The molecule has 0 aliphatic rings. The quantitative estimate of drug-likeness (QED) is 0.788. The second-order valence-corrected chi connectivity index (χ2v) is 4.08. The molecule has 2 aromatic rings. The lowest BCUT2D eigenvalue weighted by molar-refractivity contribution is 0.0774. The van der Waals surface area contributed by atoms with Crippen LogP contribution in [0.25, 0.3) is 0 Å². The zero-order valence-corrected chi connectivity index (χ0v) is 10.5. The van der Waals surface area contributed by atoms with Crippen LogP contribution in [0.5, 0.6) is 0 Å². The Hall–Kier alpha value is -2.31. The van der Waals surface area contributed by atoms with Crippen molar-refractivity contribution in [3.63, 3.8) is 0 Å². The average Bonchev–Trinajstić information content (AvgIpc) is 2.77. The Bertz CT molecular complexity index is 612. The van der Waals surface area contributed by atoms with Crippen LogP contribution in [0.1, 0.15) is 16.2 Å². The molecule has 0 aliphatic carbocycles. The molecular formula is C12H12F2N4O. The Balaban J connectivity index is 2.20. The fraction of sp³-hybridized carbons (Fsp3) is 0.250. The molecule has 2 rings (SSSR count). The lowest BCUT2D eigenvalue weighted by Gasteiger charge is -2.17. The molecule has 2 heterocycles. The van der Waals surface area contributed by atoms with Crippen molar-refractivity contribution >= 4 is 5.91 Å². The van der Waals surface area contributed by atoms with Gasteiger partial charge in [-0.15, -0.1) is 0 Å². The number of imidazole rings is 1. The summed E-state index contributed by atoms with van der Waals surface area (Å²) in [5, 5.41) is 0. The van der Waals surface area contributed by atoms with Crippen LogP contribution in [0.4, 0.5) is 8.78 Å². The molecular weight excluding hydrogens is 254 g/mol. The predicted molar refractivity (Wildman–Crippen MR) is 63.2 cm³/mol. The van der Waals surface area contributed by atoms with Gasteiger partial charge in [0.2, 0.25) is 5.95 Å². The van der Waals surface area contributed by atoms with Gasteiger partial charge in [0, 0.05) is 32.7 Å². The van der Waals surface area contributed by atoms with Crippen molar-refractivity contribution in [1.82, 2.24) is 19.4 Å². The van der Waals surface area contributed by atoms with Gasteiger partial charge in [-0.1, -0.05) is 0 Å². The van der Waals surface area contributed by atoms with Gasteiger partial charge in [-0.05, 0) is 6.07 Å². The highest BCUT2D eigenvalue weighted by atomic mass is 19.2. The van der Waals surface area contributed by atoms with E-state index >= 15 is 0 Å². The third kappa shape index (κ3) is 2.59. The maximum Gasteiger partial charge on any atom is 0.257 e. The van der Waals surface area contributed by atoms with Crippen molar-refractivity contribution in [3.8, 4) is 0 Å². The number of carbonyl (C=O) groups excluding carboxylic acids is 1. The van der Waals surface area contributed by atoms with E-state index in [1.807, 2.05) is 0 Å². The summed E-state index contributed by atoms with van der Waals surface area (Å²) in [7, 11) is 3.28. The highest BCUT2D eigenvalue weighted by Crippen LogP contribution is 2.12. The van der Waals surface area contributed by atoms with Crippen molar-refractivity contribution in [2.24, 2.45) is 7.05 Å². The fourth-order valence-corrected chi connectivity index (χ4v) is 1.62. The SMILES string of the molecule is CN(Cc1nccn1C)C(=O)c1ccnc(F)c1F. The molecule has 19 heavy (non-hydrogen) atoms. The topological polar surface area (TPSA) is 51.0 Å². The van der Waals surface area contributed by atoms with Gasteiger partial charge in [-0.3, -0.25) is 4.79 Å². The second kappa shape index (κ2) is 5.13. The van der Waals surface area contributed by atoms with E-state index in [1.54, 1.807) is 24.0 Å². The van der Waals surface area contributed by atoms with Gasteiger partial charge in [-0.25, -0.2) is 14.4 Å². The highest BCUT2D eigenvalue weighted by molar-refractivity contribution is 5.94. The molecule has 100 valence electrons. The molecule has 2 aromatic heterocycles. The summed E-state index contributed by atoms with van der Waals surface area (Å²) >= 11 is 0. The van der Waals surface area contributed by atoms with E-state index in [1.165, 1.54) is 11.9 Å². The minimum Gasteiger partial charge on any atom is -0.337 e. The molecule has 5 nitrogen and oxygen atoms in total. The molecule has 0 bridgehead atoms.